The topological polar surface area (TPSA) is 17.1 Å². The maximum Gasteiger partial charge on any atom is 0.220 e. The maximum atomic E-state index is 12.3. The van der Waals surface area contributed by atoms with E-state index >= 15 is 0 Å². The first-order valence-corrected chi connectivity index (χ1v) is 7.21. The molecule has 0 aliphatic rings. The highest BCUT2D eigenvalue weighted by Gasteiger charge is 2.22. The van der Waals surface area contributed by atoms with Crippen molar-refractivity contribution in [3.05, 3.63) is 35.4 Å². The van der Waals surface area contributed by atoms with E-state index in [1.54, 1.807) is 0 Å². The van der Waals surface area contributed by atoms with Gasteiger partial charge in [0.1, 0.15) is 0 Å². The Bertz CT molecular complexity index is 421. The van der Waals surface area contributed by atoms with Gasteiger partial charge in [0.05, 0.1) is 0 Å². The smallest absolute Gasteiger partial charge is 0.220 e. The summed E-state index contributed by atoms with van der Waals surface area (Å²) in [5.74, 6) is 0. The van der Waals surface area contributed by atoms with Crippen molar-refractivity contribution in [1.82, 2.24) is 0 Å². The molecule has 18 heavy (non-hydrogen) atoms. The van der Waals surface area contributed by atoms with Gasteiger partial charge in [-0.3, -0.25) is 4.79 Å². The standard InChI is InChI=1S/C16H24OS/c1-15(2,3)11-12-9-7-8-10-13(12)14(17)18-16(4,5)6/h7-10H,11H2,1-6H3. The normalized spacial score (nSPS) is 12.6. The van der Waals surface area contributed by atoms with Crippen molar-refractivity contribution >= 4 is 16.9 Å². The van der Waals surface area contributed by atoms with Crippen LogP contribution in [0, 0.1) is 5.41 Å². The number of rotatable bonds is 2. The molecule has 0 spiro atoms. The molecule has 0 amide bonds. The summed E-state index contributed by atoms with van der Waals surface area (Å²) in [7, 11) is 0. The van der Waals surface area contributed by atoms with Crippen molar-refractivity contribution < 1.29 is 4.79 Å². The third-order valence-electron chi connectivity index (χ3n) is 2.36. The van der Waals surface area contributed by atoms with Gasteiger partial charge >= 0.3 is 0 Å². The Morgan fingerprint density at radius 2 is 1.61 bits per heavy atom. The van der Waals surface area contributed by atoms with Gasteiger partial charge in [-0.2, -0.15) is 0 Å². The first-order valence-electron chi connectivity index (χ1n) is 6.40. The van der Waals surface area contributed by atoms with Gasteiger partial charge in [-0.25, -0.2) is 0 Å². The summed E-state index contributed by atoms with van der Waals surface area (Å²) in [5.41, 5.74) is 2.22. The van der Waals surface area contributed by atoms with Gasteiger partial charge in [0, 0.05) is 10.3 Å². The van der Waals surface area contributed by atoms with Crippen molar-refractivity contribution in [2.45, 2.75) is 52.7 Å². The average molecular weight is 264 g/mol. The molecule has 0 aromatic heterocycles. The molecule has 1 rings (SSSR count). The molecule has 0 radical (unpaired) electrons. The summed E-state index contributed by atoms with van der Waals surface area (Å²) in [5, 5.41) is 0.183. The molecule has 0 atom stereocenters. The second kappa shape index (κ2) is 5.48. The Hall–Kier alpha value is -0.760. The summed E-state index contributed by atoms with van der Waals surface area (Å²) >= 11 is 1.41. The van der Waals surface area contributed by atoms with E-state index in [2.05, 4.69) is 47.6 Å². The van der Waals surface area contributed by atoms with Crippen LogP contribution in [0.4, 0.5) is 0 Å². The van der Waals surface area contributed by atoms with Crippen molar-refractivity contribution in [2.24, 2.45) is 5.41 Å². The van der Waals surface area contributed by atoms with E-state index in [0.29, 0.717) is 0 Å². The van der Waals surface area contributed by atoms with E-state index in [9.17, 15) is 4.79 Å². The van der Waals surface area contributed by atoms with Gasteiger partial charge in [0.2, 0.25) is 5.12 Å². The summed E-state index contributed by atoms with van der Waals surface area (Å²) < 4.78 is -0.0358. The lowest BCUT2D eigenvalue weighted by molar-refractivity contribution is 0.108. The molecule has 0 aliphatic carbocycles. The fourth-order valence-corrected chi connectivity index (χ4v) is 2.64. The van der Waals surface area contributed by atoms with Crippen LogP contribution >= 0.6 is 11.8 Å². The largest absolute Gasteiger partial charge is 0.282 e. The molecule has 0 fully saturated rings. The van der Waals surface area contributed by atoms with E-state index in [-0.39, 0.29) is 15.3 Å². The van der Waals surface area contributed by atoms with Crippen LogP contribution in [0.3, 0.4) is 0 Å². The Morgan fingerprint density at radius 3 is 2.11 bits per heavy atom. The van der Waals surface area contributed by atoms with Crippen LogP contribution < -0.4 is 0 Å². The number of thioether (sulfide) groups is 1. The molecule has 0 saturated heterocycles. The van der Waals surface area contributed by atoms with Crippen molar-refractivity contribution in [3.63, 3.8) is 0 Å². The van der Waals surface area contributed by atoms with Gasteiger partial charge in [0.15, 0.2) is 0 Å². The second-order valence-corrected chi connectivity index (χ2v) is 8.70. The van der Waals surface area contributed by atoms with Crippen LogP contribution in [0.1, 0.15) is 57.5 Å². The number of hydrogen-bond donors (Lipinski definition) is 0. The van der Waals surface area contributed by atoms with Crippen LogP contribution in [-0.2, 0) is 6.42 Å². The highest BCUT2D eigenvalue weighted by molar-refractivity contribution is 8.15. The minimum atomic E-state index is -0.0358. The quantitative estimate of drug-likeness (QED) is 0.752. The van der Waals surface area contributed by atoms with Crippen molar-refractivity contribution in [1.29, 1.82) is 0 Å². The molecule has 0 saturated carbocycles. The minimum absolute atomic E-state index is 0.0358. The molecule has 0 bridgehead atoms. The molecular formula is C16H24OS. The summed E-state index contributed by atoms with van der Waals surface area (Å²) in [6, 6.07) is 7.98. The van der Waals surface area contributed by atoms with Gasteiger partial charge in [-0.15, -0.1) is 0 Å². The zero-order valence-corrected chi connectivity index (χ0v) is 13.1. The monoisotopic (exact) mass is 264 g/mol. The SMILES string of the molecule is CC(C)(C)Cc1ccccc1C(=O)SC(C)(C)C. The van der Waals surface area contributed by atoms with Crippen LogP contribution in [0.25, 0.3) is 0 Å². The van der Waals surface area contributed by atoms with E-state index in [4.69, 9.17) is 0 Å². The number of benzene rings is 1. The third-order valence-corrected chi connectivity index (χ3v) is 3.37. The first-order chi connectivity index (χ1) is 8.08. The van der Waals surface area contributed by atoms with Crippen molar-refractivity contribution in [3.8, 4) is 0 Å². The summed E-state index contributed by atoms with van der Waals surface area (Å²) in [4.78, 5) is 12.3. The minimum Gasteiger partial charge on any atom is -0.282 e. The van der Waals surface area contributed by atoms with E-state index < -0.39 is 0 Å². The van der Waals surface area contributed by atoms with E-state index in [1.165, 1.54) is 11.8 Å². The van der Waals surface area contributed by atoms with Gasteiger partial charge < -0.3 is 0 Å². The third kappa shape index (κ3) is 5.26. The van der Waals surface area contributed by atoms with E-state index in [0.717, 1.165) is 17.5 Å². The summed E-state index contributed by atoms with van der Waals surface area (Å²) in [6.45, 7) is 12.8. The van der Waals surface area contributed by atoms with Gasteiger partial charge in [0.25, 0.3) is 0 Å². The maximum absolute atomic E-state index is 12.3. The molecule has 0 heterocycles. The number of carbonyl (C=O) groups excluding carboxylic acids is 1. The lowest BCUT2D eigenvalue weighted by Gasteiger charge is -2.21. The van der Waals surface area contributed by atoms with Crippen LogP contribution in [0.2, 0.25) is 0 Å². The predicted molar refractivity (Wildman–Crippen MR) is 81.3 cm³/mol. The highest BCUT2D eigenvalue weighted by atomic mass is 32.2. The second-order valence-electron chi connectivity index (χ2n) is 6.90. The highest BCUT2D eigenvalue weighted by Crippen LogP contribution is 2.30. The predicted octanol–water partition coefficient (Wildman–Crippen LogP) is 4.95. The Kier molecular flexibility index (Phi) is 4.66. The molecule has 0 N–H and O–H groups in total. The molecule has 1 aromatic carbocycles. The number of carbonyl (C=O) groups is 1. The Morgan fingerprint density at radius 1 is 1.06 bits per heavy atom. The fraction of sp³-hybridized carbons (Fsp3) is 0.562. The molecule has 1 nitrogen and oxygen atoms in total. The molecule has 0 unspecified atom stereocenters. The molecule has 2 heteroatoms. The van der Waals surface area contributed by atoms with Crippen molar-refractivity contribution in [2.75, 3.05) is 0 Å². The van der Waals surface area contributed by atoms with Gasteiger partial charge in [-0.05, 0) is 17.4 Å². The fourth-order valence-electron chi connectivity index (χ4n) is 1.78. The zero-order chi connectivity index (χ0) is 14.0. The first kappa shape index (κ1) is 15.3. The zero-order valence-electron chi connectivity index (χ0n) is 12.3. The lowest BCUT2D eigenvalue weighted by Crippen LogP contribution is -2.15. The van der Waals surface area contributed by atoms with Crippen LogP contribution in [0.5, 0.6) is 0 Å². The Labute approximate surface area is 115 Å². The lowest BCUT2D eigenvalue weighted by atomic mass is 9.86. The Balaban J connectivity index is 2.99. The molecule has 1 aromatic rings. The van der Waals surface area contributed by atoms with Crippen LogP contribution in [0.15, 0.2) is 24.3 Å². The average Bonchev–Trinajstić information content (AvgIpc) is 2.12. The molecule has 100 valence electrons. The van der Waals surface area contributed by atoms with Gasteiger partial charge in [-0.1, -0.05) is 77.6 Å². The summed E-state index contributed by atoms with van der Waals surface area (Å²) in [6.07, 6.45) is 0.930. The molecule has 0 aliphatic heterocycles. The molecular weight excluding hydrogens is 240 g/mol. The van der Waals surface area contributed by atoms with Crippen LogP contribution in [-0.4, -0.2) is 9.86 Å². The van der Waals surface area contributed by atoms with E-state index in [1.807, 2.05) is 18.2 Å². The number of hydrogen-bond acceptors (Lipinski definition) is 2.